The first kappa shape index (κ1) is 18.9. The highest BCUT2D eigenvalue weighted by atomic mass is 16.6. The molecule has 0 bridgehead atoms. The van der Waals surface area contributed by atoms with Gasteiger partial charge >= 0.3 is 5.97 Å². The van der Waals surface area contributed by atoms with Crippen molar-refractivity contribution in [1.82, 2.24) is 10.3 Å². The first-order valence-electron chi connectivity index (χ1n) is 11.2. The van der Waals surface area contributed by atoms with E-state index >= 15 is 0 Å². The quantitative estimate of drug-likeness (QED) is 0.444. The SMILES string of the molecule is C=C1CCCC2(C)CC3OC(=O)C(CNCCc4c[nH]c5ccccc45)C3CC12. The normalized spacial score (nSPS) is 34.1. The van der Waals surface area contributed by atoms with Gasteiger partial charge in [-0.15, -0.1) is 0 Å². The average Bonchev–Trinajstić information content (AvgIpc) is 3.24. The molecule has 5 unspecified atom stereocenters. The van der Waals surface area contributed by atoms with E-state index in [4.69, 9.17) is 4.74 Å². The number of para-hydroxylation sites is 1. The number of allylic oxidation sites excluding steroid dienone is 1. The van der Waals surface area contributed by atoms with E-state index in [1.54, 1.807) is 0 Å². The number of rotatable bonds is 5. The molecule has 2 N–H and O–H groups in total. The number of hydrogen-bond acceptors (Lipinski definition) is 3. The fourth-order valence-corrected chi connectivity index (χ4v) is 6.31. The highest BCUT2D eigenvalue weighted by Gasteiger charge is 2.54. The summed E-state index contributed by atoms with van der Waals surface area (Å²) in [7, 11) is 0. The number of esters is 1. The van der Waals surface area contributed by atoms with E-state index in [2.05, 4.69) is 54.3 Å². The van der Waals surface area contributed by atoms with Crippen LogP contribution in [0.15, 0.2) is 42.6 Å². The van der Waals surface area contributed by atoms with E-state index in [0.29, 0.717) is 11.8 Å². The summed E-state index contributed by atoms with van der Waals surface area (Å²) in [5.41, 5.74) is 4.19. The number of nitrogens with one attached hydrogen (secondary N) is 2. The van der Waals surface area contributed by atoms with Crippen molar-refractivity contribution in [3.05, 3.63) is 48.2 Å². The summed E-state index contributed by atoms with van der Waals surface area (Å²) in [5, 5.41) is 4.84. The minimum atomic E-state index is -0.0118. The van der Waals surface area contributed by atoms with E-state index in [1.165, 1.54) is 34.9 Å². The number of aromatic amines is 1. The molecule has 0 amide bonds. The van der Waals surface area contributed by atoms with Gasteiger partial charge in [0.25, 0.3) is 0 Å². The van der Waals surface area contributed by atoms with Crippen LogP contribution in [0.4, 0.5) is 0 Å². The van der Waals surface area contributed by atoms with E-state index in [1.807, 2.05) is 0 Å². The van der Waals surface area contributed by atoms with Crippen LogP contribution >= 0.6 is 0 Å². The lowest BCUT2D eigenvalue weighted by molar-refractivity contribution is -0.146. The summed E-state index contributed by atoms with van der Waals surface area (Å²) in [5.74, 6) is 0.895. The molecule has 5 rings (SSSR count). The van der Waals surface area contributed by atoms with Crippen LogP contribution in [-0.4, -0.2) is 30.1 Å². The zero-order valence-corrected chi connectivity index (χ0v) is 17.4. The molecule has 4 heteroatoms. The van der Waals surface area contributed by atoms with Gasteiger partial charge in [-0.3, -0.25) is 4.79 Å². The molecule has 29 heavy (non-hydrogen) atoms. The zero-order chi connectivity index (χ0) is 20.0. The summed E-state index contributed by atoms with van der Waals surface area (Å²) in [4.78, 5) is 16.0. The van der Waals surface area contributed by atoms with E-state index in [-0.39, 0.29) is 23.4 Å². The molecule has 1 aromatic heterocycles. The van der Waals surface area contributed by atoms with Crippen molar-refractivity contribution >= 4 is 16.9 Å². The number of carbonyl (C=O) groups is 1. The topological polar surface area (TPSA) is 54.1 Å². The van der Waals surface area contributed by atoms with Gasteiger partial charge in [-0.1, -0.05) is 37.3 Å². The molecular formula is C25H32N2O2. The first-order valence-corrected chi connectivity index (χ1v) is 11.2. The van der Waals surface area contributed by atoms with Crippen LogP contribution in [0.25, 0.3) is 10.9 Å². The van der Waals surface area contributed by atoms with Gasteiger partial charge in [0.2, 0.25) is 0 Å². The Morgan fingerprint density at radius 3 is 3.10 bits per heavy atom. The van der Waals surface area contributed by atoms with Crippen molar-refractivity contribution in [1.29, 1.82) is 0 Å². The monoisotopic (exact) mass is 392 g/mol. The van der Waals surface area contributed by atoms with Gasteiger partial charge in [0.15, 0.2) is 0 Å². The summed E-state index contributed by atoms with van der Waals surface area (Å²) in [6.45, 7) is 8.37. The molecule has 2 aliphatic carbocycles. The van der Waals surface area contributed by atoms with Gasteiger partial charge < -0.3 is 15.0 Å². The number of aromatic nitrogens is 1. The molecular weight excluding hydrogens is 360 g/mol. The smallest absolute Gasteiger partial charge is 0.310 e. The lowest BCUT2D eigenvalue weighted by atomic mass is 9.55. The van der Waals surface area contributed by atoms with Crippen LogP contribution in [0, 0.1) is 23.2 Å². The molecule has 2 saturated carbocycles. The Hall–Kier alpha value is -2.07. The van der Waals surface area contributed by atoms with E-state index < -0.39 is 0 Å². The standard InChI is InChI=1S/C25H32N2O2/c1-16-6-5-10-25(2)13-23-19(12-21(16)25)20(24(28)29-23)15-26-11-9-17-14-27-22-8-4-3-7-18(17)22/h3-4,7-8,14,19-21,23,26-27H,1,5-6,9-13,15H2,2H3. The Labute approximate surface area is 173 Å². The molecule has 4 nitrogen and oxygen atoms in total. The fourth-order valence-electron chi connectivity index (χ4n) is 6.31. The molecule has 154 valence electrons. The van der Waals surface area contributed by atoms with Crippen molar-refractivity contribution in [3.63, 3.8) is 0 Å². The van der Waals surface area contributed by atoms with Gasteiger partial charge in [-0.25, -0.2) is 0 Å². The Balaban J connectivity index is 1.20. The van der Waals surface area contributed by atoms with Crippen LogP contribution in [0.2, 0.25) is 0 Å². The predicted molar refractivity (Wildman–Crippen MR) is 116 cm³/mol. The molecule has 0 radical (unpaired) electrons. The number of ether oxygens (including phenoxy) is 1. The summed E-state index contributed by atoms with van der Waals surface area (Å²) >= 11 is 0. The predicted octanol–water partition coefficient (Wildman–Crippen LogP) is 4.61. The molecule has 0 spiro atoms. The Morgan fingerprint density at radius 1 is 1.34 bits per heavy atom. The molecule has 3 aliphatic rings. The largest absolute Gasteiger partial charge is 0.462 e. The fraction of sp³-hybridized carbons (Fsp3) is 0.560. The minimum Gasteiger partial charge on any atom is -0.462 e. The van der Waals surface area contributed by atoms with E-state index in [9.17, 15) is 4.79 Å². The molecule has 2 aromatic rings. The summed E-state index contributed by atoms with van der Waals surface area (Å²) < 4.78 is 5.87. The third kappa shape index (κ3) is 3.31. The lowest BCUT2D eigenvalue weighted by Gasteiger charge is -2.50. The van der Waals surface area contributed by atoms with E-state index in [0.717, 1.165) is 38.8 Å². The number of H-pyrrole nitrogens is 1. The zero-order valence-electron chi connectivity index (χ0n) is 17.4. The second kappa shape index (κ2) is 7.32. The van der Waals surface area contributed by atoms with Crippen LogP contribution in [0.3, 0.4) is 0 Å². The van der Waals surface area contributed by atoms with Gasteiger partial charge in [0, 0.05) is 29.6 Å². The molecule has 1 aromatic carbocycles. The van der Waals surface area contributed by atoms with Crippen LogP contribution in [0.1, 0.15) is 44.6 Å². The van der Waals surface area contributed by atoms with Gasteiger partial charge in [-0.05, 0) is 68.0 Å². The third-order valence-corrected chi connectivity index (χ3v) is 7.93. The maximum atomic E-state index is 12.6. The maximum Gasteiger partial charge on any atom is 0.310 e. The van der Waals surface area contributed by atoms with Crippen molar-refractivity contribution in [2.75, 3.05) is 13.1 Å². The van der Waals surface area contributed by atoms with Crippen LogP contribution in [0.5, 0.6) is 0 Å². The van der Waals surface area contributed by atoms with Gasteiger partial charge in [0.05, 0.1) is 5.92 Å². The third-order valence-electron chi connectivity index (χ3n) is 7.93. The Bertz CT molecular complexity index is 932. The van der Waals surface area contributed by atoms with Crippen molar-refractivity contribution in [2.45, 2.75) is 51.6 Å². The van der Waals surface area contributed by atoms with Crippen LogP contribution in [-0.2, 0) is 16.0 Å². The number of hydrogen-bond donors (Lipinski definition) is 2. The molecule has 1 aliphatic heterocycles. The lowest BCUT2D eigenvalue weighted by Crippen LogP contribution is -2.45. The number of carbonyl (C=O) groups excluding carboxylic acids is 1. The maximum absolute atomic E-state index is 12.6. The molecule has 1 saturated heterocycles. The minimum absolute atomic E-state index is 0.00690. The number of benzene rings is 1. The second-order valence-electron chi connectivity index (χ2n) is 9.72. The summed E-state index contributed by atoms with van der Waals surface area (Å²) in [6.07, 6.45) is 8.87. The highest BCUT2D eigenvalue weighted by Crippen LogP contribution is 2.56. The van der Waals surface area contributed by atoms with Crippen molar-refractivity contribution < 1.29 is 9.53 Å². The van der Waals surface area contributed by atoms with Crippen molar-refractivity contribution in [2.24, 2.45) is 23.2 Å². The summed E-state index contributed by atoms with van der Waals surface area (Å²) in [6, 6.07) is 8.41. The number of fused-ring (bicyclic) bond motifs is 3. The van der Waals surface area contributed by atoms with Gasteiger partial charge in [0.1, 0.15) is 6.10 Å². The molecule has 2 heterocycles. The highest BCUT2D eigenvalue weighted by molar-refractivity contribution is 5.83. The Morgan fingerprint density at radius 2 is 2.21 bits per heavy atom. The molecule has 5 atom stereocenters. The first-order chi connectivity index (χ1) is 14.0. The van der Waals surface area contributed by atoms with Crippen molar-refractivity contribution in [3.8, 4) is 0 Å². The second-order valence-corrected chi connectivity index (χ2v) is 9.72. The van der Waals surface area contributed by atoms with Crippen LogP contribution < -0.4 is 5.32 Å². The Kier molecular flexibility index (Phi) is 4.78. The molecule has 3 fully saturated rings. The average molecular weight is 393 g/mol. The van der Waals surface area contributed by atoms with Gasteiger partial charge in [-0.2, -0.15) is 0 Å².